The number of rotatable bonds is 6. The van der Waals surface area contributed by atoms with E-state index in [1.54, 1.807) is 0 Å². The second-order valence-electron chi connectivity index (χ2n) is 12.7. The van der Waals surface area contributed by atoms with Crippen LogP contribution in [0.2, 0.25) is 0 Å². The lowest BCUT2D eigenvalue weighted by molar-refractivity contribution is 0.790. The van der Waals surface area contributed by atoms with E-state index in [4.69, 9.17) is 5.73 Å². The standard InChI is InChI=1S/C45H33N3/c46-42-28-31(30-12-3-1-4-13-30)21-22-41(42)45(38-17-5-2-6-18-38)44(48-45)37-26-35(34-16-11-23-47-29-34)25-36(27-37)43-39-19-9-7-14-32(39)24-33-15-8-10-20-40(33)43/h1-29,44,48H,46H2/t44-,45?/m0/s1. The summed E-state index contributed by atoms with van der Waals surface area (Å²) in [5, 5.41) is 8.91. The summed E-state index contributed by atoms with van der Waals surface area (Å²) in [6.07, 6.45) is 3.78. The molecule has 228 valence electrons. The van der Waals surface area contributed by atoms with Crippen molar-refractivity contribution in [1.29, 1.82) is 0 Å². The van der Waals surface area contributed by atoms with E-state index in [2.05, 4.69) is 162 Å². The first-order valence-electron chi connectivity index (χ1n) is 16.4. The molecule has 0 aliphatic carbocycles. The number of hydrogen-bond acceptors (Lipinski definition) is 3. The van der Waals surface area contributed by atoms with E-state index >= 15 is 0 Å². The van der Waals surface area contributed by atoms with Gasteiger partial charge in [-0.05, 0) is 96.9 Å². The summed E-state index contributed by atoms with van der Waals surface area (Å²) in [6, 6.07) is 58.6. The maximum absolute atomic E-state index is 6.98. The molecule has 3 heteroatoms. The van der Waals surface area contributed by atoms with Crippen molar-refractivity contribution in [2.45, 2.75) is 11.6 Å². The number of hydrogen-bond donors (Lipinski definition) is 2. The van der Waals surface area contributed by atoms with Crippen molar-refractivity contribution in [3.8, 4) is 33.4 Å². The molecule has 0 amide bonds. The van der Waals surface area contributed by atoms with Crippen molar-refractivity contribution >= 4 is 27.2 Å². The van der Waals surface area contributed by atoms with Gasteiger partial charge >= 0.3 is 0 Å². The summed E-state index contributed by atoms with van der Waals surface area (Å²) in [7, 11) is 0. The summed E-state index contributed by atoms with van der Waals surface area (Å²) in [4.78, 5) is 4.49. The van der Waals surface area contributed by atoms with Crippen molar-refractivity contribution in [3.63, 3.8) is 0 Å². The van der Waals surface area contributed by atoms with Gasteiger partial charge in [-0.25, -0.2) is 0 Å². The molecule has 3 nitrogen and oxygen atoms in total. The largest absolute Gasteiger partial charge is 0.398 e. The molecule has 7 aromatic carbocycles. The Bertz CT molecular complexity index is 2380. The number of benzene rings is 7. The molecule has 0 saturated carbocycles. The summed E-state index contributed by atoms with van der Waals surface area (Å²) < 4.78 is 0. The lowest BCUT2D eigenvalue weighted by atomic mass is 9.82. The molecule has 0 spiro atoms. The van der Waals surface area contributed by atoms with E-state index in [1.807, 2.05) is 24.5 Å². The van der Waals surface area contributed by atoms with Gasteiger partial charge in [-0.2, -0.15) is 0 Å². The average molecular weight is 616 g/mol. The molecule has 1 aliphatic rings. The summed E-state index contributed by atoms with van der Waals surface area (Å²) in [5.74, 6) is 0. The Morgan fingerprint density at radius 1 is 0.521 bits per heavy atom. The minimum atomic E-state index is -0.480. The molecule has 3 N–H and O–H groups in total. The maximum atomic E-state index is 6.98. The van der Waals surface area contributed by atoms with Crippen LogP contribution in [0.3, 0.4) is 0 Å². The number of aromatic nitrogens is 1. The zero-order valence-electron chi connectivity index (χ0n) is 26.3. The molecule has 1 aliphatic heterocycles. The quantitative estimate of drug-likeness (QED) is 0.111. The van der Waals surface area contributed by atoms with Gasteiger partial charge in [-0.3, -0.25) is 10.3 Å². The van der Waals surface area contributed by atoms with Crippen molar-refractivity contribution in [1.82, 2.24) is 10.3 Å². The van der Waals surface area contributed by atoms with E-state index in [9.17, 15) is 0 Å². The number of anilines is 1. The first-order chi connectivity index (χ1) is 23.7. The molecule has 1 aromatic heterocycles. The zero-order valence-corrected chi connectivity index (χ0v) is 26.3. The molecule has 9 rings (SSSR count). The second kappa shape index (κ2) is 11.3. The normalized spacial score (nSPS) is 17.0. The highest BCUT2D eigenvalue weighted by Crippen LogP contribution is 2.56. The van der Waals surface area contributed by atoms with Gasteiger partial charge in [0, 0.05) is 29.2 Å². The Morgan fingerprint density at radius 3 is 1.85 bits per heavy atom. The van der Waals surface area contributed by atoms with Crippen LogP contribution in [-0.4, -0.2) is 4.98 Å². The summed E-state index contributed by atoms with van der Waals surface area (Å²) >= 11 is 0. The van der Waals surface area contributed by atoms with Crippen LogP contribution in [0.5, 0.6) is 0 Å². The predicted molar refractivity (Wildman–Crippen MR) is 200 cm³/mol. The van der Waals surface area contributed by atoms with Gasteiger partial charge in [0.15, 0.2) is 0 Å². The second-order valence-corrected chi connectivity index (χ2v) is 12.7. The molecular formula is C45H33N3. The van der Waals surface area contributed by atoms with Crippen molar-refractivity contribution in [3.05, 3.63) is 193 Å². The van der Waals surface area contributed by atoms with Gasteiger partial charge < -0.3 is 5.73 Å². The molecule has 2 heterocycles. The van der Waals surface area contributed by atoms with Gasteiger partial charge in [0.05, 0.1) is 11.6 Å². The number of nitrogens with one attached hydrogen (secondary N) is 1. The van der Waals surface area contributed by atoms with E-state index in [-0.39, 0.29) is 6.04 Å². The van der Waals surface area contributed by atoms with Crippen LogP contribution < -0.4 is 11.1 Å². The molecule has 8 aromatic rings. The SMILES string of the molecule is Nc1cc(-c2ccccc2)ccc1C1(c2ccccc2)N[C@H]1c1cc(-c2cccnc2)cc(-c2c3ccccc3cc3ccccc23)c1. The number of fused-ring (bicyclic) bond motifs is 2. The fraction of sp³-hybridized carbons (Fsp3) is 0.0444. The van der Waals surface area contributed by atoms with Gasteiger partial charge in [0.25, 0.3) is 0 Å². The minimum absolute atomic E-state index is 0.00128. The first-order valence-corrected chi connectivity index (χ1v) is 16.4. The fourth-order valence-corrected chi connectivity index (χ4v) is 7.58. The third-order valence-corrected chi connectivity index (χ3v) is 9.88. The number of nitrogens with zero attached hydrogens (tertiary/aromatic N) is 1. The monoisotopic (exact) mass is 615 g/mol. The van der Waals surface area contributed by atoms with Gasteiger partial charge in [-0.1, -0.05) is 127 Å². The van der Waals surface area contributed by atoms with Crippen LogP contribution in [0.15, 0.2) is 176 Å². The van der Waals surface area contributed by atoms with E-state index in [1.165, 1.54) is 43.8 Å². The highest BCUT2D eigenvalue weighted by molar-refractivity contribution is 6.13. The topological polar surface area (TPSA) is 60.9 Å². The van der Waals surface area contributed by atoms with Gasteiger partial charge in [0.1, 0.15) is 0 Å². The molecular weight excluding hydrogens is 583 g/mol. The van der Waals surface area contributed by atoms with Gasteiger partial charge in [-0.15, -0.1) is 0 Å². The highest BCUT2D eigenvalue weighted by atomic mass is 15.2. The molecule has 1 fully saturated rings. The number of nitrogens with two attached hydrogens (primary N) is 1. The van der Waals surface area contributed by atoms with Crippen LogP contribution in [-0.2, 0) is 5.54 Å². The minimum Gasteiger partial charge on any atom is -0.398 e. The fourth-order valence-electron chi connectivity index (χ4n) is 7.58. The molecule has 2 atom stereocenters. The Hall–Kier alpha value is -6.03. The number of pyridine rings is 1. The molecule has 0 radical (unpaired) electrons. The lowest BCUT2D eigenvalue weighted by Gasteiger charge is -2.21. The molecule has 1 unspecified atom stereocenters. The third kappa shape index (κ3) is 4.67. The van der Waals surface area contributed by atoms with Crippen LogP contribution >= 0.6 is 0 Å². The molecule has 1 saturated heterocycles. The van der Waals surface area contributed by atoms with Gasteiger partial charge in [0.2, 0.25) is 0 Å². The molecule has 0 bridgehead atoms. The Balaban J connectivity index is 1.26. The van der Waals surface area contributed by atoms with E-state index < -0.39 is 5.54 Å². The Kier molecular flexibility index (Phi) is 6.67. The van der Waals surface area contributed by atoms with E-state index in [0.717, 1.165) is 33.5 Å². The van der Waals surface area contributed by atoms with Crippen LogP contribution in [0.25, 0.3) is 54.9 Å². The highest BCUT2D eigenvalue weighted by Gasteiger charge is 2.57. The van der Waals surface area contributed by atoms with Crippen LogP contribution in [0.1, 0.15) is 22.7 Å². The Morgan fingerprint density at radius 2 is 1.17 bits per heavy atom. The zero-order chi connectivity index (χ0) is 32.1. The first kappa shape index (κ1) is 28.2. The van der Waals surface area contributed by atoms with Crippen molar-refractivity contribution < 1.29 is 0 Å². The van der Waals surface area contributed by atoms with Crippen LogP contribution in [0, 0.1) is 0 Å². The summed E-state index contributed by atoms with van der Waals surface area (Å²) in [5.41, 5.74) is 17.7. The summed E-state index contributed by atoms with van der Waals surface area (Å²) in [6.45, 7) is 0. The average Bonchev–Trinajstić information content (AvgIpc) is 3.91. The lowest BCUT2D eigenvalue weighted by Crippen LogP contribution is -2.17. The predicted octanol–water partition coefficient (Wildman–Crippen LogP) is 10.6. The Labute approximate surface area is 280 Å². The third-order valence-electron chi connectivity index (χ3n) is 9.88. The number of nitrogen functional groups attached to an aromatic ring is 1. The molecule has 48 heavy (non-hydrogen) atoms. The van der Waals surface area contributed by atoms with Crippen molar-refractivity contribution in [2.24, 2.45) is 0 Å². The maximum Gasteiger partial charge on any atom is 0.0914 e. The van der Waals surface area contributed by atoms with E-state index in [0.29, 0.717) is 0 Å². The van der Waals surface area contributed by atoms with Crippen molar-refractivity contribution in [2.75, 3.05) is 5.73 Å². The van der Waals surface area contributed by atoms with Crippen LogP contribution in [0.4, 0.5) is 5.69 Å². The smallest absolute Gasteiger partial charge is 0.0914 e.